The van der Waals surface area contributed by atoms with Crippen molar-refractivity contribution in [2.45, 2.75) is 124 Å². The number of nitrogens with zero attached hydrogens (tertiary/aromatic N) is 1. The Kier molecular flexibility index (Phi) is 18.1. The number of aliphatic carboxylic acids is 1. The maximum atomic E-state index is 12.9. The van der Waals surface area contributed by atoms with Crippen molar-refractivity contribution >= 4 is 17.8 Å². The number of ether oxygens (including phenoxy) is 7. The number of aliphatic hydroxyl groups is 10. The van der Waals surface area contributed by atoms with Crippen molar-refractivity contribution in [3.05, 3.63) is 35.9 Å². The van der Waals surface area contributed by atoms with Gasteiger partial charge in [0.1, 0.15) is 79.3 Å². The lowest BCUT2D eigenvalue weighted by Crippen LogP contribution is -2.65. The van der Waals surface area contributed by atoms with Crippen molar-refractivity contribution in [1.82, 2.24) is 15.5 Å². The van der Waals surface area contributed by atoms with Crippen LogP contribution in [0.4, 0.5) is 0 Å². The van der Waals surface area contributed by atoms with E-state index >= 15 is 0 Å². The molecule has 4 aliphatic rings. The number of nitrogens with one attached hydrogen (secondary N) is 2. The lowest BCUT2D eigenvalue weighted by atomic mass is 9.94. The highest BCUT2D eigenvalue weighted by Crippen LogP contribution is 2.31. The Morgan fingerprint density at radius 2 is 1.36 bits per heavy atom. The van der Waals surface area contributed by atoms with E-state index in [0.29, 0.717) is 5.56 Å². The van der Waals surface area contributed by atoms with Crippen LogP contribution < -0.4 is 10.6 Å². The molecule has 0 saturated carbocycles. The van der Waals surface area contributed by atoms with Crippen LogP contribution in [0, 0.1) is 0 Å². The van der Waals surface area contributed by atoms with Crippen molar-refractivity contribution in [3.63, 3.8) is 0 Å². The van der Waals surface area contributed by atoms with Gasteiger partial charge < -0.3 is 100.0 Å². The van der Waals surface area contributed by atoms with Crippen molar-refractivity contribution in [3.8, 4) is 0 Å². The molecule has 24 nitrogen and oxygen atoms in total. The molecule has 13 N–H and O–H groups in total. The molecule has 61 heavy (non-hydrogen) atoms. The first-order valence-electron chi connectivity index (χ1n) is 19.7. The molecule has 4 saturated heterocycles. The molecular formula is C37H57N3O21. The minimum atomic E-state index is -1.84. The van der Waals surface area contributed by atoms with Gasteiger partial charge in [-0.1, -0.05) is 30.3 Å². The lowest BCUT2D eigenvalue weighted by molar-refractivity contribution is -0.352. The summed E-state index contributed by atoms with van der Waals surface area (Å²) in [5.41, 5.74) is 0.682. The van der Waals surface area contributed by atoms with Crippen LogP contribution in [0.1, 0.15) is 12.5 Å². The average molecular weight is 880 g/mol. The summed E-state index contributed by atoms with van der Waals surface area (Å²) in [4.78, 5) is 38.7. The zero-order valence-corrected chi connectivity index (χ0v) is 33.1. The fourth-order valence-electron chi connectivity index (χ4n) is 7.38. The Labute approximate surface area is 349 Å². The largest absolute Gasteiger partial charge is 0.480 e. The number of morpholine rings is 1. The quantitative estimate of drug-likeness (QED) is 0.0651. The molecule has 4 fully saturated rings. The fraction of sp³-hybridized carbons (Fsp3) is 0.757. The van der Waals surface area contributed by atoms with E-state index in [-0.39, 0.29) is 26.1 Å². The number of carbonyl (C=O) groups is 3. The Morgan fingerprint density at radius 3 is 2.02 bits per heavy atom. The van der Waals surface area contributed by atoms with Gasteiger partial charge >= 0.3 is 5.97 Å². The molecule has 4 aliphatic heterocycles. The smallest absolute Gasteiger partial charge is 0.326 e. The number of aliphatic hydroxyl groups excluding tert-OH is 10. The first kappa shape index (κ1) is 48.9. The van der Waals surface area contributed by atoms with Crippen molar-refractivity contribution in [1.29, 1.82) is 0 Å². The molecule has 1 aromatic carbocycles. The summed E-state index contributed by atoms with van der Waals surface area (Å²) < 4.78 is 39.7. The number of carboxylic acid groups (broad SMARTS) is 1. The second kappa shape index (κ2) is 22.5. The third-order valence-corrected chi connectivity index (χ3v) is 10.8. The molecule has 5 rings (SSSR count). The summed E-state index contributed by atoms with van der Waals surface area (Å²) in [6.07, 6.45) is -25.8. The van der Waals surface area contributed by atoms with E-state index in [9.17, 15) is 70.6 Å². The van der Waals surface area contributed by atoms with Crippen LogP contribution in [0.25, 0.3) is 0 Å². The van der Waals surface area contributed by atoms with Gasteiger partial charge in [-0.3, -0.25) is 14.5 Å². The topological polar surface area (TPSA) is 366 Å². The zero-order chi connectivity index (χ0) is 44.5. The Morgan fingerprint density at radius 1 is 0.721 bits per heavy atom. The first-order chi connectivity index (χ1) is 29.0. The van der Waals surface area contributed by atoms with E-state index in [1.165, 1.54) is 11.8 Å². The van der Waals surface area contributed by atoms with Gasteiger partial charge in [0.2, 0.25) is 11.8 Å². The van der Waals surface area contributed by atoms with Crippen LogP contribution in [0.3, 0.4) is 0 Å². The predicted molar refractivity (Wildman–Crippen MR) is 198 cm³/mol. The summed E-state index contributed by atoms with van der Waals surface area (Å²) in [6.45, 7) is -2.19. The highest BCUT2D eigenvalue weighted by atomic mass is 16.7. The first-order valence-corrected chi connectivity index (χ1v) is 19.7. The van der Waals surface area contributed by atoms with Crippen LogP contribution >= 0.6 is 0 Å². The number of hydrogen-bond acceptors (Lipinski definition) is 21. The highest BCUT2D eigenvalue weighted by Gasteiger charge is 2.52. The Bertz CT molecular complexity index is 1550. The van der Waals surface area contributed by atoms with Crippen LogP contribution in [-0.4, -0.2) is 242 Å². The standard InChI is InChI=1S/C37H57N3O21/c1-16-26(46)33(61-37-31(51)30(50)27(47)20(13-42)59-37)29(49)22(56-16)15-55-36-32(52)34(28(48)21(14-43)58-36)60-25-11-40(9-18(12-41)57-25)10-24(45)38-8-23(44)39-19(35(53)54)7-17-5-3-2-4-6-17/h2-6,16,18-22,25-34,36-37,41-43,46-52H,7-15H2,1H3,(H,38,45)(H,39,44)(H,53,54). The zero-order valence-electron chi connectivity index (χ0n) is 33.1. The number of carboxylic acids is 1. The minimum absolute atomic E-state index is 0.0192. The third-order valence-electron chi connectivity index (χ3n) is 10.8. The van der Waals surface area contributed by atoms with E-state index in [1.54, 1.807) is 30.3 Å². The second-order valence-corrected chi connectivity index (χ2v) is 15.3. The maximum Gasteiger partial charge on any atom is 0.326 e. The van der Waals surface area contributed by atoms with Gasteiger partial charge in [0, 0.05) is 13.0 Å². The maximum absolute atomic E-state index is 12.9. The molecule has 0 radical (unpaired) electrons. The molecule has 18 unspecified atom stereocenters. The molecule has 18 atom stereocenters. The van der Waals surface area contributed by atoms with E-state index in [2.05, 4.69) is 10.6 Å². The van der Waals surface area contributed by atoms with Gasteiger partial charge in [-0.25, -0.2) is 4.79 Å². The summed E-state index contributed by atoms with van der Waals surface area (Å²) >= 11 is 0. The van der Waals surface area contributed by atoms with E-state index in [0.717, 1.165) is 0 Å². The lowest BCUT2D eigenvalue weighted by Gasteiger charge is -2.47. The monoisotopic (exact) mass is 879 g/mol. The number of carbonyl (C=O) groups excluding carboxylic acids is 2. The average Bonchev–Trinajstić information content (AvgIpc) is 3.24. The molecule has 0 aliphatic carbocycles. The normalized spacial score (nSPS) is 39.0. The van der Waals surface area contributed by atoms with Gasteiger partial charge in [-0.15, -0.1) is 0 Å². The van der Waals surface area contributed by atoms with Crippen molar-refractivity contribution in [2.24, 2.45) is 0 Å². The van der Waals surface area contributed by atoms with Gasteiger partial charge in [-0.2, -0.15) is 0 Å². The number of benzene rings is 1. The Hall–Kier alpha value is -3.09. The SMILES string of the molecule is CC1OC(COC2OC(CO)C(O)C(OC3CN(CC(=O)NCC(=O)NC(Cc4ccccc4)C(=O)O)CC(CO)O3)C2O)C(O)C(OC2OC(CO)C(O)C(O)C2O)C1O. The Balaban J connectivity index is 1.16. The van der Waals surface area contributed by atoms with E-state index in [4.69, 9.17) is 33.2 Å². The molecule has 2 amide bonds. The summed E-state index contributed by atoms with van der Waals surface area (Å²) in [7, 11) is 0. The number of hydrogen-bond donors (Lipinski definition) is 13. The van der Waals surface area contributed by atoms with Crippen LogP contribution in [-0.2, 0) is 54.0 Å². The molecule has 346 valence electrons. The molecule has 24 heteroatoms. The van der Waals surface area contributed by atoms with Crippen LogP contribution in [0.15, 0.2) is 30.3 Å². The summed E-state index contributed by atoms with van der Waals surface area (Å²) in [5, 5.41) is 119. The van der Waals surface area contributed by atoms with Gasteiger partial charge in [0.05, 0.1) is 58.3 Å². The van der Waals surface area contributed by atoms with Crippen LogP contribution in [0.5, 0.6) is 0 Å². The van der Waals surface area contributed by atoms with E-state index in [1.807, 2.05) is 0 Å². The van der Waals surface area contributed by atoms with Crippen molar-refractivity contribution in [2.75, 3.05) is 52.6 Å². The fourth-order valence-corrected chi connectivity index (χ4v) is 7.38. The number of amides is 2. The van der Waals surface area contributed by atoms with Gasteiger partial charge in [0.15, 0.2) is 18.9 Å². The molecule has 4 heterocycles. The second-order valence-electron chi connectivity index (χ2n) is 15.3. The molecule has 0 spiro atoms. The van der Waals surface area contributed by atoms with Gasteiger partial charge in [-0.05, 0) is 12.5 Å². The molecular weight excluding hydrogens is 822 g/mol. The summed E-state index contributed by atoms with van der Waals surface area (Å²) in [5.74, 6) is -2.65. The third kappa shape index (κ3) is 12.6. The number of rotatable bonds is 18. The van der Waals surface area contributed by atoms with Gasteiger partial charge in [0.25, 0.3) is 0 Å². The predicted octanol–water partition coefficient (Wildman–Crippen LogP) is -7.53. The minimum Gasteiger partial charge on any atom is -0.480 e. The molecule has 0 aromatic heterocycles. The molecule has 0 bridgehead atoms. The van der Waals surface area contributed by atoms with Crippen LogP contribution in [0.2, 0.25) is 0 Å². The summed E-state index contributed by atoms with van der Waals surface area (Å²) in [6, 6.07) is 7.40. The molecule has 1 aromatic rings. The van der Waals surface area contributed by atoms with E-state index < -0.39 is 161 Å². The highest BCUT2D eigenvalue weighted by molar-refractivity contribution is 5.88. The van der Waals surface area contributed by atoms with Crippen molar-refractivity contribution < 1.29 is 104 Å².